The van der Waals surface area contributed by atoms with E-state index in [9.17, 15) is 14.4 Å². The molecule has 2 aromatic carbocycles. The highest BCUT2D eigenvalue weighted by Crippen LogP contribution is 2.40. The summed E-state index contributed by atoms with van der Waals surface area (Å²) in [5.41, 5.74) is 1.13. The zero-order valence-electron chi connectivity index (χ0n) is 19.4. The number of para-hydroxylation sites is 1. The van der Waals surface area contributed by atoms with E-state index in [4.69, 9.17) is 9.47 Å². The van der Waals surface area contributed by atoms with E-state index in [2.05, 4.69) is 5.32 Å². The third-order valence-electron chi connectivity index (χ3n) is 5.97. The van der Waals surface area contributed by atoms with Gasteiger partial charge in [-0.25, -0.2) is 0 Å². The van der Waals surface area contributed by atoms with Crippen molar-refractivity contribution in [3.8, 4) is 11.5 Å². The van der Waals surface area contributed by atoms with Crippen molar-refractivity contribution >= 4 is 40.9 Å². The second kappa shape index (κ2) is 10.8. The predicted molar refractivity (Wildman–Crippen MR) is 132 cm³/mol. The van der Waals surface area contributed by atoms with Gasteiger partial charge in [-0.05, 0) is 25.0 Å². The number of nitrogens with one attached hydrogen (secondary N) is 1. The molecule has 9 heteroatoms. The van der Waals surface area contributed by atoms with Crippen LogP contribution >= 0.6 is 11.8 Å². The quantitative estimate of drug-likeness (QED) is 0.633. The Morgan fingerprint density at radius 1 is 1.00 bits per heavy atom. The molecule has 8 nitrogen and oxygen atoms in total. The van der Waals surface area contributed by atoms with E-state index in [1.807, 2.05) is 18.2 Å². The van der Waals surface area contributed by atoms with Gasteiger partial charge >= 0.3 is 0 Å². The number of carbonyl (C=O) groups excluding carboxylic acids is 3. The normalized spacial score (nSPS) is 18.1. The molecule has 1 N–H and O–H groups in total. The molecule has 0 bridgehead atoms. The minimum absolute atomic E-state index is 0.172. The summed E-state index contributed by atoms with van der Waals surface area (Å²) in [6, 6.07) is 12.4. The smallest absolute Gasteiger partial charge is 0.250 e. The number of carbonyl (C=O) groups is 3. The Kier molecular flexibility index (Phi) is 7.62. The summed E-state index contributed by atoms with van der Waals surface area (Å²) >= 11 is 1.27. The van der Waals surface area contributed by atoms with Crippen molar-refractivity contribution in [1.29, 1.82) is 0 Å². The molecule has 0 radical (unpaired) electrons. The van der Waals surface area contributed by atoms with E-state index >= 15 is 0 Å². The topological polar surface area (TPSA) is 88.2 Å². The van der Waals surface area contributed by atoms with Gasteiger partial charge in [-0.2, -0.15) is 0 Å². The molecule has 180 valence electrons. The largest absolute Gasteiger partial charge is 0.497 e. The maximum absolute atomic E-state index is 13.5. The first kappa shape index (κ1) is 23.9. The number of nitrogens with zero attached hydrogens (tertiary/aromatic N) is 2. The number of rotatable bonds is 6. The Morgan fingerprint density at radius 3 is 2.29 bits per heavy atom. The second-order valence-electron chi connectivity index (χ2n) is 8.28. The van der Waals surface area contributed by atoms with Gasteiger partial charge < -0.3 is 24.6 Å². The van der Waals surface area contributed by atoms with Gasteiger partial charge in [0, 0.05) is 41.9 Å². The molecule has 0 saturated carbocycles. The lowest BCUT2D eigenvalue weighted by molar-refractivity contribution is -0.135. The number of hydrogen-bond acceptors (Lipinski definition) is 6. The molecule has 1 atom stereocenters. The molecule has 1 saturated heterocycles. The highest BCUT2D eigenvalue weighted by molar-refractivity contribution is 8.01. The van der Waals surface area contributed by atoms with Crippen LogP contribution in [0.4, 0.5) is 11.4 Å². The van der Waals surface area contributed by atoms with E-state index in [0.29, 0.717) is 36.0 Å². The van der Waals surface area contributed by atoms with Crippen LogP contribution in [-0.4, -0.2) is 61.7 Å². The summed E-state index contributed by atoms with van der Waals surface area (Å²) in [6.07, 6.45) is 4.09. The van der Waals surface area contributed by atoms with Crippen molar-refractivity contribution in [2.24, 2.45) is 0 Å². The van der Waals surface area contributed by atoms with E-state index in [-0.39, 0.29) is 24.3 Å². The van der Waals surface area contributed by atoms with Gasteiger partial charge in [0.05, 0.1) is 19.9 Å². The van der Waals surface area contributed by atoms with Crippen LogP contribution in [0, 0.1) is 0 Å². The van der Waals surface area contributed by atoms with Crippen molar-refractivity contribution in [3.05, 3.63) is 42.5 Å². The number of amides is 3. The summed E-state index contributed by atoms with van der Waals surface area (Å²) in [7, 11) is 3.06. The summed E-state index contributed by atoms with van der Waals surface area (Å²) in [5.74, 6) is 0.152. The van der Waals surface area contributed by atoms with Crippen LogP contribution in [-0.2, 0) is 14.4 Å². The van der Waals surface area contributed by atoms with Crippen LogP contribution in [0.2, 0.25) is 0 Å². The molecule has 2 aromatic rings. The molecular formula is C25H29N3O5S. The van der Waals surface area contributed by atoms with Gasteiger partial charge in [-0.3, -0.25) is 14.4 Å². The molecule has 0 spiro atoms. The molecule has 0 unspecified atom stereocenters. The summed E-state index contributed by atoms with van der Waals surface area (Å²) in [5, 5.41) is 1.92. The van der Waals surface area contributed by atoms with Crippen LogP contribution in [0.5, 0.6) is 11.5 Å². The molecule has 4 rings (SSSR count). The zero-order valence-corrected chi connectivity index (χ0v) is 20.2. The Bertz CT molecular complexity index is 1050. The Balaban J connectivity index is 1.54. The number of likely N-dealkylation sites (tertiary alicyclic amines) is 1. The third kappa shape index (κ3) is 5.30. The average molecular weight is 484 g/mol. The standard InChI is InChI=1S/C25H29N3O5S/c1-32-18-13-17(14-19(15-18)33-2)26-22(29)16-28-20-9-5-6-10-21(20)34-23(25(28)31)24(30)27-11-7-3-4-8-12-27/h5-6,9-10,13-15,23H,3-4,7-8,11-12,16H2,1-2H3,(H,26,29)/t23-/m1/s1. The molecule has 3 amide bonds. The predicted octanol–water partition coefficient (Wildman–Crippen LogP) is 3.55. The molecular weight excluding hydrogens is 454 g/mol. The minimum atomic E-state index is -0.891. The lowest BCUT2D eigenvalue weighted by atomic mass is 10.2. The number of thioether (sulfide) groups is 1. The van der Waals surface area contributed by atoms with Crippen LogP contribution < -0.4 is 19.7 Å². The number of benzene rings is 2. The monoisotopic (exact) mass is 483 g/mol. The van der Waals surface area contributed by atoms with E-state index in [1.165, 1.54) is 30.9 Å². The first-order valence-corrected chi connectivity index (χ1v) is 12.3. The van der Waals surface area contributed by atoms with Crippen LogP contribution in [0.1, 0.15) is 25.7 Å². The fourth-order valence-electron chi connectivity index (χ4n) is 4.22. The highest BCUT2D eigenvalue weighted by Gasteiger charge is 2.40. The van der Waals surface area contributed by atoms with Gasteiger partial charge in [-0.1, -0.05) is 25.0 Å². The Labute approximate surface area is 203 Å². The maximum atomic E-state index is 13.5. The number of anilines is 2. The summed E-state index contributed by atoms with van der Waals surface area (Å²) in [4.78, 5) is 43.8. The number of hydrogen-bond donors (Lipinski definition) is 1. The average Bonchev–Trinajstić information content (AvgIpc) is 3.14. The van der Waals surface area contributed by atoms with Crippen LogP contribution in [0.3, 0.4) is 0 Å². The van der Waals surface area contributed by atoms with Gasteiger partial charge in [0.2, 0.25) is 11.8 Å². The molecule has 2 aliphatic heterocycles. The number of methoxy groups -OCH3 is 2. The fourth-order valence-corrected chi connectivity index (χ4v) is 5.41. The fraction of sp³-hybridized carbons (Fsp3) is 0.400. The minimum Gasteiger partial charge on any atom is -0.497 e. The van der Waals surface area contributed by atoms with Gasteiger partial charge in [0.15, 0.2) is 5.25 Å². The first-order chi connectivity index (χ1) is 16.5. The molecule has 2 aliphatic rings. The lowest BCUT2D eigenvalue weighted by Gasteiger charge is -2.34. The summed E-state index contributed by atoms with van der Waals surface area (Å²) < 4.78 is 10.5. The van der Waals surface area contributed by atoms with E-state index in [0.717, 1.165) is 30.6 Å². The van der Waals surface area contributed by atoms with Crippen LogP contribution in [0.15, 0.2) is 47.4 Å². The third-order valence-corrected chi connectivity index (χ3v) is 7.21. The van der Waals surface area contributed by atoms with E-state index < -0.39 is 5.25 Å². The highest BCUT2D eigenvalue weighted by atomic mass is 32.2. The van der Waals surface area contributed by atoms with E-state index in [1.54, 1.807) is 29.2 Å². The summed E-state index contributed by atoms with van der Waals surface area (Å²) in [6.45, 7) is 1.13. The van der Waals surface area contributed by atoms with Crippen molar-refractivity contribution in [3.63, 3.8) is 0 Å². The van der Waals surface area contributed by atoms with Crippen molar-refractivity contribution in [2.75, 3.05) is 44.1 Å². The van der Waals surface area contributed by atoms with Crippen molar-refractivity contribution in [2.45, 2.75) is 35.8 Å². The molecule has 0 aromatic heterocycles. The van der Waals surface area contributed by atoms with Gasteiger partial charge in [0.1, 0.15) is 18.0 Å². The first-order valence-electron chi connectivity index (χ1n) is 11.4. The Hall–Kier alpha value is -3.20. The van der Waals surface area contributed by atoms with Crippen molar-refractivity contribution in [1.82, 2.24) is 4.90 Å². The number of fused-ring (bicyclic) bond motifs is 1. The van der Waals surface area contributed by atoms with Gasteiger partial charge in [0.25, 0.3) is 5.91 Å². The number of ether oxygens (including phenoxy) is 2. The van der Waals surface area contributed by atoms with Crippen molar-refractivity contribution < 1.29 is 23.9 Å². The SMILES string of the molecule is COc1cc(NC(=O)CN2C(=O)[C@@H](C(=O)N3CCCCCC3)Sc3ccccc32)cc(OC)c1. The lowest BCUT2D eigenvalue weighted by Crippen LogP contribution is -2.51. The molecule has 2 heterocycles. The molecule has 34 heavy (non-hydrogen) atoms. The second-order valence-corrected chi connectivity index (χ2v) is 9.43. The Morgan fingerprint density at radius 2 is 1.65 bits per heavy atom. The maximum Gasteiger partial charge on any atom is 0.250 e. The van der Waals surface area contributed by atoms with Crippen LogP contribution in [0.25, 0.3) is 0 Å². The zero-order chi connectivity index (χ0) is 24.1. The molecule has 1 fully saturated rings. The van der Waals surface area contributed by atoms with Gasteiger partial charge in [-0.15, -0.1) is 11.8 Å². The molecule has 0 aliphatic carbocycles.